The summed E-state index contributed by atoms with van der Waals surface area (Å²) in [4.78, 5) is 15.5. The molecule has 98 valence electrons. The third kappa shape index (κ3) is 3.66. The fourth-order valence-corrected chi connectivity index (χ4v) is 2.75. The molecule has 2 aliphatic rings. The standard InChI is InChI=1S/C12H22N2O3/c1-13-4-2-10(3-5-13)14-6-7-17-11(9-14)8-12(15)16/h10-11H,2-9H2,1H3,(H,15,16). The summed E-state index contributed by atoms with van der Waals surface area (Å²) in [6, 6.07) is 0.617. The fourth-order valence-electron chi connectivity index (χ4n) is 2.75. The average Bonchev–Trinajstić information content (AvgIpc) is 2.29. The van der Waals surface area contributed by atoms with Gasteiger partial charge in [-0.3, -0.25) is 9.69 Å². The number of carboxylic acid groups (broad SMARTS) is 1. The summed E-state index contributed by atoms with van der Waals surface area (Å²) < 4.78 is 5.50. The SMILES string of the molecule is CN1CCC(N2CCOC(CC(=O)O)C2)CC1. The van der Waals surface area contributed by atoms with E-state index < -0.39 is 5.97 Å². The third-order valence-electron chi connectivity index (χ3n) is 3.78. The second kappa shape index (κ2) is 5.80. The molecule has 5 nitrogen and oxygen atoms in total. The maximum absolute atomic E-state index is 10.7. The molecule has 17 heavy (non-hydrogen) atoms. The van der Waals surface area contributed by atoms with Crippen molar-refractivity contribution in [3.63, 3.8) is 0 Å². The number of piperidine rings is 1. The van der Waals surface area contributed by atoms with Crippen molar-refractivity contribution in [1.82, 2.24) is 9.80 Å². The normalized spacial score (nSPS) is 29.4. The Labute approximate surface area is 102 Å². The van der Waals surface area contributed by atoms with Gasteiger partial charge in [0.1, 0.15) is 0 Å². The Morgan fingerprint density at radius 1 is 1.35 bits per heavy atom. The maximum Gasteiger partial charge on any atom is 0.306 e. The van der Waals surface area contributed by atoms with Crippen molar-refractivity contribution < 1.29 is 14.6 Å². The molecule has 0 aromatic carbocycles. The lowest BCUT2D eigenvalue weighted by molar-refractivity contribution is -0.142. The van der Waals surface area contributed by atoms with Crippen LogP contribution in [0.5, 0.6) is 0 Å². The van der Waals surface area contributed by atoms with Crippen LogP contribution < -0.4 is 0 Å². The highest BCUT2D eigenvalue weighted by atomic mass is 16.5. The molecule has 2 rings (SSSR count). The second-order valence-electron chi connectivity index (χ2n) is 5.12. The summed E-state index contributed by atoms with van der Waals surface area (Å²) >= 11 is 0. The number of hydrogen-bond acceptors (Lipinski definition) is 4. The van der Waals surface area contributed by atoms with Crippen LogP contribution in [-0.2, 0) is 9.53 Å². The second-order valence-corrected chi connectivity index (χ2v) is 5.12. The van der Waals surface area contributed by atoms with Crippen LogP contribution in [0.1, 0.15) is 19.3 Å². The predicted molar refractivity (Wildman–Crippen MR) is 64.1 cm³/mol. The van der Waals surface area contributed by atoms with Gasteiger partial charge in [-0.15, -0.1) is 0 Å². The Bertz CT molecular complexity index is 264. The highest BCUT2D eigenvalue weighted by Crippen LogP contribution is 2.19. The third-order valence-corrected chi connectivity index (χ3v) is 3.78. The van der Waals surface area contributed by atoms with Gasteiger partial charge >= 0.3 is 5.97 Å². The summed E-state index contributed by atoms with van der Waals surface area (Å²) in [5, 5.41) is 8.79. The molecule has 0 aromatic heterocycles. The van der Waals surface area contributed by atoms with E-state index in [4.69, 9.17) is 9.84 Å². The first-order valence-electron chi connectivity index (χ1n) is 6.41. The minimum atomic E-state index is -0.764. The first kappa shape index (κ1) is 12.8. The monoisotopic (exact) mass is 242 g/mol. The number of ether oxygens (including phenoxy) is 1. The molecule has 1 unspecified atom stereocenters. The van der Waals surface area contributed by atoms with Crippen LogP contribution in [0.2, 0.25) is 0 Å². The minimum Gasteiger partial charge on any atom is -0.481 e. The first-order valence-corrected chi connectivity index (χ1v) is 6.41. The molecule has 1 N–H and O–H groups in total. The number of morpholine rings is 1. The average molecular weight is 242 g/mol. The van der Waals surface area contributed by atoms with Gasteiger partial charge in [-0.2, -0.15) is 0 Å². The molecule has 5 heteroatoms. The van der Waals surface area contributed by atoms with Crippen LogP contribution in [0.25, 0.3) is 0 Å². The molecule has 2 saturated heterocycles. The Balaban J connectivity index is 1.82. The van der Waals surface area contributed by atoms with Crippen LogP contribution >= 0.6 is 0 Å². The quantitative estimate of drug-likeness (QED) is 0.769. The summed E-state index contributed by atoms with van der Waals surface area (Å²) in [5.41, 5.74) is 0. The lowest BCUT2D eigenvalue weighted by Gasteiger charge is -2.41. The van der Waals surface area contributed by atoms with Crippen LogP contribution in [0.15, 0.2) is 0 Å². The highest BCUT2D eigenvalue weighted by Gasteiger charge is 2.29. The molecule has 0 radical (unpaired) electrons. The van der Waals surface area contributed by atoms with Crippen molar-refractivity contribution in [3.8, 4) is 0 Å². The van der Waals surface area contributed by atoms with E-state index in [1.54, 1.807) is 0 Å². The molecular weight excluding hydrogens is 220 g/mol. The molecule has 2 fully saturated rings. The van der Waals surface area contributed by atoms with Gasteiger partial charge in [0.25, 0.3) is 0 Å². The molecule has 0 aromatic rings. The van der Waals surface area contributed by atoms with Gasteiger partial charge in [-0.25, -0.2) is 0 Å². The van der Waals surface area contributed by atoms with E-state index in [2.05, 4.69) is 16.8 Å². The van der Waals surface area contributed by atoms with Crippen molar-refractivity contribution in [3.05, 3.63) is 0 Å². The number of aliphatic carboxylic acids is 1. The van der Waals surface area contributed by atoms with Gasteiger partial charge in [0, 0.05) is 19.1 Å². The van der Waals surface area contributed by atoms with E-state index in [9.17, 15) is 4.79 Å². The van der Waals surface area contributed by atoms with Crippen molar-refractivity contribution in [2.24, 2.45) is 0 Å². The van der Waals surface area contributed by atoms with Gasteiger partial charge in [0.2, 0.25) is 0 Å². The summed E-state index contributed by atoms with van der Waals surface area (Å²) in [6.07, 6.45) is 2.39. The van der Waals surface area contributed by atoms with Gasteiger partial charge in [-0.1, -0.05) is 0 Å². The van der Waals surface area contributed by atoms with E-state index in [-0.39, 0.29) is 12.5 Å². The molecule has 0 saturated carbocycles. The van der Waals surface area contributed by atoms with Crippen LogP contribution in [0, 0.1) is 0 Å². The van der Waals surface area contributed by atoms with E-state index in [1.807, 2.05) is 0 Å². The lowest BCUT2D eigenvalue weighted by atomic mass is 10.0. The highest BCUT2D eigenvalue weighted by molar-refractivity contribution is 5.67. The lowest BCUT2D eigenvalue weighted by Crippen LogP contribution is -2.51. The summed E-state index contributed by atoms with van der Waals surface area (Å²) in [6.45, 7) is 4.69. The minimum absolute atomic E-state index is 0.124. The zero-order chi connectivity index (χ0) is 12.3. The van der Waals surface area contributed by atoms with E-state index >= 15 is 0 Å². The summed E-state index contributed by atoms with van der Waals surface area (Å²) in [5.74, 6) is -0.764. The maximum atomic E-state index is 10.7. The van der Waals surface area contributed by atoms with Gasteiger partial charge in [0.05, 0.1) is 19.1 Å². The van der Waals surface area contributed by atoms with Gasteiger partial charge in [0.15, 0.2) is 0 Å². The number of carboxylic acids is 1. The zero-order valence-electron chi connectivity index (χ0n) is 10.5. The Kier molecular flexibility index (Phi) is 4.36. The molecular formula is C12H22N2O3. The number of hydrogen-bond donors (Lipinski definition) is 1. The molecule has 1 atom stereocenters. The van der Waals surface area contributed by atoms with Crippen LogP contribution in [0.4, 0.5) is 0 Å². The van der Waals surface area contributed by atoms with Crippen molar-refractivity contribution in [1.29, 1.82) is 0 Å². The molecule has 2 aliphatic heterocycles. The van der Waals surface area contributed by atoms with Crippen LogP contribution in [0.3, 0.4) is 0 Å². The number of carbonyl (C=O) groups is 1. The van der Waals surface area contributed by atoms with E-state index in [0.29, 0.717) is 12.6 Å². The summed E-state index contributed by atoms with van der Waals surface area (Å²) in [7, 11) is 2.16. The van der Waals surface area contributed by atoms with E-state index in [0.717, 1.165) is 26.2 Å². The largest absolute Gasteiger partial charge is 0.481 e. The fraction of sp³-hybridized carbons (Fsp3) is 0.917. The Hall–Kier alpha value is -0.650. The molecule has 0 spiro atoms. The van der Waals surface area contributed by atoms with Crippen molar-refractivity contribution >= 4 is 5.97 Å². The Morgan fingerprint density at radius 3 is 2.71 bits per heavy atom. The molecule has 0 aliphatic carbocycles. The van der Waals surface area contributed by atoms with Gasteiger partial charge in [-0.05, 0) is 33.0 Å². The topological polar surface area (TPSA) is 53.0 Å². The van der Waals surface area contributed by atoms with Gasteiger partial charge < -0.3 is 14.7 Å². The first-order chi connectivity index (χ1) is 8.15. The van der Waals surface area contributed by atoms with Crippen molar-refractivity contribution in [2.75, 3.05) is 39.8 Å². The molecule has 2 heterocycles. The van der Waals surface area contributed by atoms with Crippen molar-refractivity contribution in [2.45, 2.75) is 31.4 Å². The van der Waals surface area contributed by atoms with Crippen LogP contribution in [-0.4, -0.2) is 72.9 Å². The number of nitrogens with zero attached hydrogens (tertiary/aromatic N) is 2. The predicted octanol–water partition coefficient (Wildman–Crippen LogP) is 0.256. The zero-order valence-corrected chi connectivity index (χ0v) is 10.5. The number of rotatable bonds is 3. The Morgan fingerprint density at radius 2 is 2.06 bits per heavy atom. The van der Waals surface area contributed by atoms with E-state index in [1.165, 1.54) is 12.8 Å². The molecule has 0 amide bonds. The number of likely N-dealkylation sites (tertiary alicyclic amines) is 1. The molecule has 0 bridgehead atoms. The smallest absolute Gasteiger partial charge is 0.306 e.